The Hall–Kier alpha value is -1.77. The van der Waals surface area contributed by atoms with Crippen LogP contribution in [0.5, 0.6) is 0 Å². The average Bonchev–Trinajstić information content (AvgIpc) is 2.63. The average molecular weight is 291 g/mol. The molecule has 0 radical (unpaired) electrons. The molecule has 0 aliphatic carbocycles. The lowest BCUT2D eigenvalue weighted by Gasteiger charge is -2.10. The second-order valence-corrected chi connectivity index (χ2v) is 4.59. The van der Waals surface area contributed by atoms with E-state index in [1.165, 1.54) is 18.5 Å². The largest absolute Gasteiger partial charge is 0.481 e. The van der Waals surface area contributed by atoms with Crippen molar-refractivity contribution < 1.29 is 23.1 Å². The Balaban J connectivity index is 2.42. The number of rotatable bonds is 4. The van der Waals surface area contributed by atoms with E-state index in [1.807, 2.05) is 0 Å². The quantitative estimate of drug-likeness (QED) is 0.874. The van der Waals surface area contributed by atoms with Gasteiger partial charge in [-0.2, -0.15) is 13.2 Å². The summed E-state index contributed by atoms with van der Waals surface area (Å²) in [6.07, 6.45) is -1.70. The lowest BCUT2D eigenvalue weighted by Crippen LogP contribution is -2.18. The van der Waals surface area contributed by atoms with Crippen LogP contribution in [0.2, 0.25) is 0 Å². The van der Waals surface area contributed by atoms with Crippen LogP contribution in [0.4, 0.5) is 13.2 Å². The normalized spacial score (nSPS) is 11.9. The predicted octanol–water partition coefficient (Wildman–Crippen LogP) is 2.17. The third kappa shape index (κ3) is 3.37. The molecular weight excluding hydrogens is 283 g/mol. The molecule has 102 valence electrons. The monoisotopic (exact) mass is 291 g/mol. The van der Waals surface area contributed by atoms with Crippen LogP contribution in [0.25, 0.3) is 11.0 Å². The number of thioether (sulfide) groups is 1. The molecule has 0 atom stereocenters. The fourth-order valence-corrected chi connectivity index (χ4v) is 2.26. The second-order valence-electron chi connectivity index (χ2n) is 3.64. The van der Waals surface area contributed by atoms with Gasteiger partial charge in [-0.1, -0.05) is 11.8 Å². The summed E-state index contributed by atoms with van der Waals surface area (Å²) >= 11 is 0.746. The maximum absolute atomic E-state index is 12.5. The summed E-state index contributed by atoms with van der Waals surface area (Å²) in [5, 5.41) is 8.60. The number of alkyl halides is 3. The fourth-order valence-electron chi connectivity index (χ4n) is 1.53. The van der Waals surface area contributed by atoms with E-state index >= 15 is 0 Å². The highest BCUT2D eigenvalue weighted by Crippen LogP contribution is 2.27. The van der Waals surface area contributed by atoms with E-state index in [1.54, 1.807) is 0 Å². The Bertz CT molecular complexity index is 612. The van der Waals surface area contributed by atoms with Crippen LogP contribution in [-0.4, -0.2) is 37.5 Å². The van der Waals surface area contributed by atoms with Gasteiger partial charge in [0.25, 0.3) is 0 Å². The summed E-state index contributed by atoms with van der Waals surface area (Å²) in [7, 11) is 0. The molecule has 2 heterocycles. The van der Waals surface area contributed by atoms with E-state index in [-0.39, 0.29) is 16.4 Å². The molecule has 0 bridgehead atoms. The smallest absolute Gasteiger partial charge is 0.406 e. The van der Waals surface area contributed by atoms with E-state index in [4.69, 9.17) is 5.11 Å². The van der Waals surface area contributed by atoms with Gasteiger partial charge in [0.1, 0.15) is 12.1 Å². The molecule has 0 unspecified atom stereocenters. The molecule has 2 aromatic heterocycles. The SMILES string of the molecule is O=C(O)CSc1nc2cnccc2n1CC(F)(F)F. The van der Waals surface area contributed by atoms with Crippen LogP contribution < -0.4 is 0 Å². The van der Waals surface area contributed by atoms with Crippen LogP contribution in [0.15, 0.2) is 23.6 Å². The number of aromatic nitrogens is 3. The van der Waals surface area contributed by atoms with Gasteiger partial charge in [0.15, 0.2) is 5.16 Å². The lowest BCUT2D eigenvalue weighted by atomic mass is 10.4. The van der Waals surface area contributed by atoms with E-state index in [9.17, 15) is 18.0 Å². The summed E-state index contributed by atoms with van der Waals surface area (Å²) in [5.41, 5.74) is 0.583. The number of fused-ring (bicyclic) bond motifs is 1. The molecule has 0 fully saturated rings. The maximum Gasteiger partial charge on any atom is 0.406 e. The Kier molecular flexibility index (Phi) is 3.65. The van der Waals surface area contributed by atoms with Crippen LogP contribution in [0, 0.1) is 0 Å². The van der Waals surface area contributed by atoms with Crippen molar-refractivity contribution >= 4 is 28.8 Å². The highest BCUT2D eigenvalue weighted by Gasteiger charge is 2.30. The van der Waals surface area contributed by atoms with Crippen molar-refractivity contribution in [1.29, 1.82) is 0 Å². The first-order valence-electron chi connectivity index (χ1n) is 5.08. The zero-order valence-electron chi connectivity index (χ0n) is 9.39. The molecule has 19 heavy (non-hydrogen) atoms. The third-order valence-corrected chi connectivity index (χ3v) is 3.14. The van der Waals surface area contributed by atoms with E-state index in [2.05, 4.69) is 9.97 Å². The molecule has 0 aliphatic heterocycles. The molecular formula is C10H8F3N3O2S. The van der Waals surface area contributed by atoms with Crippen molar-refractivity contribution in [3.63, 3.8) is 0 Å². The molecule has 0 saturated heterocycles. The summed E-state index contributed by atoms with van der Waals surface area (Å²) in [6.45, 7) is -1.21. The molecule has 0 amide bonds. The summed E-state index contributed by atoms with van der Waals surface area (Å²) in [4.78, 5) is 18.2. The molecule has 2 rings (SSSR count). The number of halogens is 3. The van der Waals surface area contributed by atoms with Crippen molar-refractivity contribution in [1.82, 2.24) is 14.5 Å². The number of carbonyl (C=O) groups is 1. The summed E-state index contributed by atoms with van der Waals surface area (Å²) in [5.74, 6) is -1.47. The standard InChI is InChI=1S/C10H8F3N3O2S/c11-10(12,13)5-16-7-1-2-14-3-6(7)15-9(16)19-4-8(17)18/h1-3H,4-5H2,(H,17,18). The van der Waals surface area contributed by atoms with E-state index in [0.717, 1.165) is 16.3 Å². The first-order chi connectivity index (χ1) is 8.87. The first-order valence-corrected chi connectivity index (χ1v) is 6.07. The molecule has 9 heteroatoms. The Labute approximate surface area is 109 Å². The predicted molar refractivity (Wildman–Crippen MR) is 61.9 cm³/mol. The number of carboxylic acids is 1. The van der Waals surface area contributed by atoms with Gasteiger partial charge >= 0.3 is 12.1 Å². The Morgan fingerprint density at radius 3 is 2.84 bits per heavy atom. The second kappa shape index (κ2) is 5.08. The number of carboxylic acid groups (broad SMARTS) is 1. The summed E-state index contributed by atoms with van der Waals surface area (Å²) < 4.78 is 38.6. The summed E-state index contributed by atoms with van der Waals surface area (Å²) in [6, 6.07) is 1.42. The van der Waals surface area contributed by atoms with Crippen molar-refractivity contribution in [3.8, 4) is 0 Å². The molecule has 2 aromatic rings. The van der Waals surface area contributed by atoms with Crippen LogP contribution >= 0.6 is 11.8 Å². The van der Waals surface area contributed by atoms with Gasteiger partial charge in [0.2, 0.25) is 0 Å². The third-order valence-electron chi connectivity index (χ3n) is 2.18. The zero-order valence-corrected chi connectivity index (χ0v) is 10.2. The van der Waals surface area contributed by atoms with Gasteiger partial charge in [-0.15, -0.1) is 0 Å². The van der Waals surface area contributed by atoms with Crippen molar-refractivity contribution in [2.45, 2.75) is 17.9 Å². The number of hydrogen-bond donors (Lipinski definition) is 1. The highest BCUT2D eigenvalue weighted by atomic mass is 32.2. The highest BCUT2D eigenvalue weighted by molar-refractivity contribution is 7.99. The minimum Gasteiger partial charge on any atom is -0.481 e. The number of hydrogen-bond acceptors (Lipinski definition) is 4. The Morgan fingerprint density at radius 2 is 2.21 bits per heavy atom. The zero-order chi connectivity index (χ0) is 14.0. The number of imidazole rings is 1. The molecule has 0 spiro atoms. The van der Waals surface area contributed by atoms with Gasteiger partial charge in [-0.05, 0) is 6.07 Å². The van der Waals surface area contributed by atoms with Crippen LogP contribution in [-0.2, 0) is 11.3 Å². The molecule has 1 N–H and O–H groups in total. The topological polar surface area (TPSA) is 68.0 Å². The molecule has 0 aromatic carbocycles. The number of nitrogens with zero attached hydrogens (tertiary/aromatic N) is 3. The molecule has 0 saturated carbocycles. The van der Waals surface area contributed by atoms with E-state index < -0.39 is 18.7 Å². The van der Waals surface area contributed by atoms with Gasteiger partial charge in [-0.3, -0.25) is 9.78 Å². The van der Waals surface area contributed by atoms with Gasteiger partial charge in [-0.25, -0.2) is 4.98 Å². The minimum absolute atomic E-state index is 0.0164. The lowest BCUT2D eigenvalue weighted by molar-refractivity contribution is -0.141. The fraction of sp³-hybridized carbons (Fsp3) is 0.300. The van der Waals surface area contributed by atoms with Crippen molar-refractivity contribution in [2.24, 2.45) is 0 Å². The minimum atomic E-state index is -4.41. The van der Waals surface area contributed by atoms with E-state index in [0.29, 0.717) is 5.52 Å². The number of pyridine rings is 1. The first kappa shape index (κ1) is 13.7. The van der Waals surface area contributed by atoms with Gasteiger partial charge in [0, 0.05) is 6.20 Å². The van der Waals surface area contributed by atoms with Crippen LogP contribution in [0.3, 0.4) is 0 Å². The molecule has 0 aliphatic rings. The number of aliphatic carboxylic acids is 1. The van der Waals surface area contributed by atoms with Gasteiger partial charge < -0.3 is 9.67 Å². The van der Waals surface area contributed by atoms with Gasteiger partial charge in [0.05, 0.1) is 17.5 Å². The molecule has 5 nitrogen and oxygen atoms in total. The maximum atomic E-state index is 12.5. The Morgan fingerprint density at radius 1 is 1.47 bits per heavy atom. The van der Waals surface area contributed by atoms with Crippen molar-refractivity contribution in [3.05, 3.63) is 18.5 Å². The van der Waals surface area contributed by atoms with Crippen molar-refractivity contribution in [2.75, 3.05) is 5.75 Å². The van der Waals surface area contributed by atoms with Crippen LogP contribution in [0.1, 0.15) is 0 Å².